The molecule has 0 unspecified atom stereocenters. The molecule has 1 aromatic carbocycles. The topological polar surface area (TPSA) is 83.5 Å². The first-order valence-electron chi connectivity index (χ1n) is 9.03. The van der Waals surface area contributed by atoms with E-state index in [9.17, 15) is 9.59 Å². The van der Waals surface area contributed by atoms with E-state index < -0.39 is 26.6 Å². The van der Waals surface area contributed by atoms with Gasteiger partial charge in [-0.05, 0) is 38.2 Å². The second-order valence-corrected chi connectivity index (χ2v) is 11.9. The van der Waals surface area contributed by atoms with Gasteiger partial charge in [-0.15, -0.1) is 0 Å². The van der Waals surface area contributed by atoms with Gasteiger partial charge >= 0.3 is 5.97 Å². The Morgan fingerprint density at radius 2 is 1.64 bits per heavy atom. The van der Waals surface area contributed by atoms with Gasteiger partial charge in [0.25, 0.3) is 0 Å². The van der Waals surface area contributed by atoms with Crippen molar-refractivity contribution in [3.05, 3.63) is 17.7 Å². The third kappa shape index (κ3) is 4.58. The summed E-state index contributed by atoms with van der Waals surface area (Å²) in [5, 5.41) is 0. The fraction of sp³-hybridized carbons (Fsp3) is 0.579. The van der Waals surface area contributed by atoms with Crippen molar-refractivity contribution in [1.29, 1.82) is 0 Å². The minimum atomic E-state index is -2.11. The van der Waals surface area contributed by atoms with Crippen molar-refractivity contribution in [2.24, 2.45) is 0 Å². The number of benzene rings is 1. The lowest BCUT2D eigenvalue weighted by Gasteiger charge is -2.36. The van der Waals surface area contributed by atoms with Crippen molar-refractivity contribution < 1.29 is 33.0 Å². The molecule has 156 valence electrons. The molecule has 1 saturated heterocycles. The maximum absolute atomic E-state index is 12.7. The molecule has 28 heavy (non-hydrogen) atoms. The quantitative estimate of drug-likeness (QED) is 0.480. The molecule has 2 atom stereocenters. The Morgan fingerprint density at radius 1 is 1.07 bits per heavy atom. The van der Waals surface area contributed by atoms with Crippen molar-refractivity contribution in [1.82, 2.24) is 4.90 Å². The zero-order valence-corrected chi connectivity index (χ0v) is 18.5. The molecule has 9 heteroatoms. The molecule has 1 aliphatic heterocycles. The van der Waals surface area contributed by atoms with E-state index in [-0.39, 0.29) is 12.3 Å². The molecule has 1 amide bonds. The first kappa shape index (κ1) is 22.0. The van der Waals surface area contributed by atoms with E-state index in [1.54, 1.807) is 12.1 Å². The summed E-state index contributed by atoms with van der Waals surface area (Å²) >= 11 is 0. The smallest absolute Gasteiger partial charge is 0.328 e. The molecule has 0 bridgehead atoms. The summed E-state index contributed by atoms with van der Waals surface area (Å²) in [6.45, 7) is 6.06. The van der Waals surface area contributed by atoms with Crippen LogP contribution in [0.5, 0.6) is 17.2 Å². The first-order chi connectivity index (χ1) is 13.2. The number of nitrogens with zero attached hydrogens (tertiary/aromatic N) is 1. The summed E-state index contributed by atoms with van der Waals surface area (Å²) in [7, 11) is 3.77. The highest BCUT2D eigenvalue weighted by atomic mass is 28.4. The molecular formula is C19H29NO7Si. The Morgan fingerprint density at radius 3 is 2.07 bits per heavy atom. The van der Waals surface area contributed by atoms with Crippen LogP contribution in [0.1, 0.15) is 24.6 Å². The molecule has 1 aromatic rings. The van der Waals surface area contributed by atoms with Crippen LogP contribution in [0.25, 0.3) is 0 Å². The molecule has 0 N–H and O–H groups in total. The number of carbonyl (C=O) groups is 2. The standard InChI is InChI=1S/C19H29NO7Si/c1-23-14-10-12(11-15(24-2)17(14)25-3)18(27-28(5,6)7)20-13(19(22)26-4)8-9-16(20)21/h10-11,13,18H,8-9H2,1-7H3/t13-,18-/m0/s1. The van der Waals surface area contributed by atoms with Gasteiger partial charge in [0.15, 0.2) is 19.8 Å². The number of hydrogen-bond acceptors (Lipinski definition) is 7. The number of rotatable bonds is 8. The number of hydrogen-bond donors (Lipinski definition) is 0. The highest BCUT2D eigenvalue weighted by molar-refractivity contribution is 6.69. The van der Waals surface area contributed by atoms with Gasteiger partial charge in [0.2, 0.25) is 11.7 Å². The molecule has 1 aliphatic rings. The van der Waals surface area contributed by atoms with Gasteiger partial charge in [0.05, 0.1) is 28.4 Å². The monoisotopic (exact) mass is 411 g/mol. The molecule has 8 nitrogen and oxygen atoms in total. The number of amides is 1. The minimum absolute atomic E-state index is 0.160. The SMILES string of the molecule is COC(=O)[C@@H]1CCC(=O)N1[C@@H](O[Si](C)(C)C)c1cc(OC)c(OC)c(OC)c1. The molecule has 0 aliphatic carbocycles. The average molecular weight is 412 g/mol. The van der Waals surface area contributed by atoms with Crippen LogP contribution in [-0.4, -0.2) is 59.6 Å². The molecule has 1 fully saturated rings. The fourth-order valence-electron chi connectivity index (χ4n) is 3.23. The molecule has 2 rings (SSSR count). The Hall–Kier alpha value is -2.26. The largest absolute Gasteiger partial charge is 0.493 e. The van der Waals surface area contributed by atoms with Crippen molar-refractivity contribution in [2.45, 2.75) is 44.8 Å². The van der Waals surface area contributed by atoms with E-state index in [4.69, 9.17) is 23.4 Å². The number of esters is 1. The van der Waals surface area contributed by atoms with Crippen LogP contribution < -0.4 is 14.2 Å². The minimum Gasteiger partial charge on any atom is -0.493 e. The summed E-state index contributed by atoms with van der Waals surface area (Å²) in [4.78, 5) is 26.5. The van der Waals surface area contributed by atoms with Crippen molar-refractivity contribution >= 4 is 20.2 Å². The van der Waals surface area contributed by atoms with Gasteiger partial charge < -0.3 is 23.4 Å². The van der Waals surface area contributed by atoms with Crippen LogP contribution in [0.15, 0.2) is 12.1 Å². The van der Waals surface area contributed by atoms with Crippen LogP contribution >= 0.6 is 0 Å². The maximum Gasteiger partial charge on any atom is 0.328 e. The third-order valence-corrected chi connectivity index (χ3v) is 5.35. The van der Waals surface area contributed by atoms with E-state index in [1.807, 2.05) is 19.6 Å². The fourth-order valence-corrected chi connectivity index (χ4v) is 4.15. The Labute approximate surface area is 166 Å². The highest BCUT2D eigenvalue weighted by Gasteiger charge is 2.43. The van der Waals surface area contributed by atoms with Crippen LogP contribution in [0.3, 0.4) is 0 Å². The van der Waals surface area contributed by atoms with Gasteiger partial charge in [0, 0.05) is 12.0 Å². The Balaban J connectivity index is 2.61. The van der Waals surface area contributed by atoms with Gasteiger partial charge in [-0.1, -0.05) is 0 Å². The lowest BCUT2D eigenvalue weighted by Crippen LogP contribution is -2.45. The summed E-state index contributed by atoms with van der Waals surface area (Å²) in [5.41, 5.74) is 0.640. The van der Waals surface area contributed by atoms with Gasteiger partial charge in [-0.2, -0.15) is 0 Å². The Bertz CT molecular complexity index is 706. The van der Waals surface area contributed by atoms with Crippen LogP contribution in [0, 0.1) is 0 Å². The lowest BCUT2D eigenvalue weighted by molar-refractivity contribution is -0.156. The zero-order valence-electron chi connectivity index (χ0n) is 17.5. The predicted molar refractivity (Wildman–Crippen MR) is 105 cm³/mol. The second-order valence-electron chi connectivity index (χ2n) is 7.42. The van der Waals surface area contributed by atoms with Crippen LogP contribution in [0.2, 0.25) is 19.6 Å². The molecule has 0 spiro atoms. The van der Waals surface area contributed by atoms with Crippen LogP contribution in [-0.2, 0) is 18.8 Å². The van der Waals surface area contributed by atoms with E-state index in [0.29, 0.717) is 29.2 Å². The molecule has 0 saturated carbocycles. The normalized spacial score (nSPS) is 18.0. The molecule has 0 aromatic heterocycles. The third-order valence-electron chi connectivity index (χ3n) is 4.42. The maximum atomic E-state index is 12.7. The highest BCUT2D eigenvalue weighted by Crippen LogP contribution is 2.43. The summed E-state index contributed by atoms with van der Waals surface area (Å²) in [6.07, 6.45) is -0.114. The van der Waals surface area contributed by atoms with Crippen molar-refractivity contribution in [3.8, 4) is 17.2 Å². The summed E-state index contributed by atoms with van der Waals surface area (Å²) < 4.78 is 27.5. The van der Waals surface area contributed by atoms with Gasteiger partial charge in [0.1, 0.15) is 12.3 Å². The van der Waals surface area contributed by atoms with E-state index in [2.05, 4.69) is 0 Å². The van der Waals surface area contributed by atoms with Gasteiger partial charge in [-0.3, -0.25) is 9.69 Å². The average Bonchev–Trinajstić information content (AvgIpc) is 3.04. The predicted octanol–water partition coefficient (Wildman–Crippen LogP) is 2.73. The number of ether oxygens (including phenoxy) is 4. The first-order valence-corrected chi connectivity index (χ1v) is 12.4. The number of methoxy groups -OCH3 is 4. The van der Waals surface area contributed by atoms with Crippen molar-refractivity contribution in [3.63, 3.8) is 0 Å². The van der Waals surface area contributed by atoms with Crippen LogP contribution in [0.4, 0.5) is 0 Å². The Kier molecular flexibility index (Phi) is 6.94. The second kappa shape index (κ2) is 8.83. The van der Waals surface area contributed by atoms with Gasteiger partial charge in [-0.25, -0.2) is 4.79 Å². The van der Waals surface area contributed by atoms with Crippen molar-refractivity contribution in [2.75, 3.05) is 28.4 Å². The van der Waals surface area contributed by atoms with E-state index in [0.717, 1.165) is 0 Å². The van der Waals surface area contributed by atoms with E-state index >= 15 is 0 Å². The summed E-state index contributed by atoms with van der Waals surface area (Å²) in [5.74, 6) is 0.720. The number of likely N-dealkylation sites (tertiary alicyclic amines) is 1. The summed E-state index contributed by atoms with van der Waals surface area (Å²) in [6, 6.07) is 2.79. The van der Waals surface area contributed by atoms with E-state index in [1.165, 1.54) is 33.3 Å². The molecule has 0 radical (unpaired) electrons. The zero-order chi connectivity index (χ0) is 21.1. The molecule has 1 heterocycles. The molecular weight excluding hydrogens is 382 g/mol. The number of carbonyl (C=O) groups excluding carboxylic acids is 2. The lowest BCUT2D eigenvalue weighted by atomic mass is 10.1.